The zero-order valence-electron chi connectivity index (χ0n) is 19.2. The first-order valence-corrected chi connectivity index (χ1v) is 13.7. The summed E-state index contributed by atoms with van der Waals surface area (Å²) < 4.78 is 29.6. The second kappa shape index (κ2) is 21.8. The highest BCUT2D eigenvalue weighted by atomic mass is 31.2. The second-order valence-electron chi connectivity index (χ2n) is 7.90. The van der Waals surface area contributed by atoms with Crippen molar-refractivity contribution >= 4 is 7.82 Å². The summed E-state index contributed by atoms with van der Waals surface area (Å²) in [4.78, 5) is 0. The maximum Gasteiger partial charge on any atom is 0.474 e. The third-order valence-corrected chi connectivity index (χ3v) is 6.49. The Morgan fingerprint density at radius 2 is 0.679 bits per heavy atom. The van der Waals surface area contributed by atoms with Gasteiger partial charge in [-0.3, -0.25) is 13.6 Å². The molecule has 0 amide bonds. The second-order valence-corrected chi connectivity index (χ2v) is 9.57. The Kier molecular flexibility index (Phi) is 21.9. The molecule has 0 radical (unpaired) electrons. The van der Waals surface area contributed by atoms with E-state index in [0.29, 0.717) is 19.8 Å². The van der Waals surface area contributed by atoms with E-state index in [0.717, 1.165) is 38.5 Å². The number of unbranched alkanes of at least 4 members (excludes halogenated alkanes) is 14. The van der Waals surface area contributed by atoms with Gasteiger partial charge in [-0.05, 0) is 19.3 Å². The lowest BCUT2D eigenvalue weighted by Crippen LogP contribution is -2.04. The topological polar surface area (TPSA) is 44.8 Å². The van der Waals surface area contributed by atoms with E-state index in [9.17, 15) is 4.57 Å². The molecule has 0 aromatic rings. The molecule has 0 heterocycles. The zero-order chi connectivity index (χ0) is 20.8. The molecule has 0 aliphatic carbocycles. The van der Waals surface area contributed by atoms with Gasteiger partial charge in [-0.15, -0.1) is 0 Å². The third-order valence-electron chi connectivity index (χ3n) is 4.99. The molecule has 170 valence electrons. The van der Waals surface area contributed by atoms with Gasteiger partial charge < -0.3 is 0 Å². The molecule has 0 aliphatic rings. The Hall–Kier alpha value is 0.110. The SMILES string of the molecule is CCCCCCCCCCCOP(=O)(OCCCCCC)OCCCCCC. The summed E-state index contributed by atoms with van der Waals surface area (Å²) in [5.74, 6) is 0. The van der Waals surface area contributed by atoms with Gasteiger partial charge in [-0.25, -0.2) is 4.57 Å². The van der Waals surface area contributed by atoms with Crippen molar-refractivity contribution in [2.75, 3.05) is 19.8 Å². The quantitative estimate of drug-likeness (QED) is 0.122. The fraction of sp³-hybridized carbons (Fsp3) is 1.00. The molecule has 0 N–H and O–H groups in total. The average Bonchev–Trinajstić information content (AvgIpc) is 2.69. The predicted octanol–water partition coefficient (Wildman–Crippen LogP) is 8.84. The molecular formula is C23H49O4P. The van der Waals surface area contributed by atoms with Gasteiger partial charge >= 0.3 is 7.82 Å². The van der Waals surface area contributed by atoms with Crippen molar-refractivity contribution in [3.63, 3.8) is 0 Å². The smallest absolute Gasteiger partial charge is 0.287 e. The minimum absolute atomic E-state index is 0.462. The summed E-state index contributed by atoms with van der Waals surface area (Å²) in [5, 5.41) is 0. The highest BCUT2D eigenvalue weighted by Gasteiger charge is 2.26. The number of hydrogen-bond acceptors (Lipinski definition) is 4. The Morgan fingerprint density at radius 1 is 0.429 bits per heavy atom. The standard InChI is InChI=1S/C23H49O4P/c1-4-7-10-13-14-15-16-17-20-23-27-28(24,25-21-18-11-8-5-2)26-22-19-12-9-6-3/h4-23H2,1-3H3. The zero-order valence-corrected chi connectivity index (χ0v) is 20.1. The molecule has 0 unspecified atom stereocenters. The molecule has 0 rings (SSSR count). The van der Waals surface area contributed by atoms with E-state index < -0.39 is 7.82 Å². The molecule has 0 atom stereocenters. The van der Waals surface area contributed by atoms with Crippen LogP contribution in [-0.4, -0.2) is 19.8 Å². The van der Waals surface area contributed by atoms with Crippen LogP contribution in [0.5, 0.6) is 0 Å². The normalized spacial score (nSPS) is 12.0. The van der Waals surface area contributed by atoms with Crippen LogP contribution in [0.2, 0.25) is 0 Å². The van der Waals surface area contributed by atoms with Crippen LogP contribution < -0.4 is 0 Å². The van der Waals surface area contributed by atoms with Gasteiger partial charge in [-0.1, -0.05) is 111 Å². The lowest BCUT2D eigenvalue weighted by atomic mass is 10.1. The van der Waals surface area contributed by atoms with Crippen LogP contribution in [0.1, 0.15) is 130 Å². The number of phosphoric ester groups is 1. The van der Waals surface area contributed by atoms with E-state index in [2.05, 4.69) is 20.8 Å². The molecule has 28 heavy (non-hydrogen) atoms. The number of phosphoric acid groups is 1. The largest absolute Gasteiger partial charge is 0.474 e. The molecule has 0 aliphatic heterocycles. The first-order valence-electron chi connectivity index (χ1n) is 12.2. The first kappa shape index (κ1) is 28.1. The minimum atomic E-state index is -3.39. The fourth-order valence-electron chi connectivity index (χ4n) is 3.11. The molecule has 5 heteroatoms. The van der Waals surface area contributed by atoms with E-state index in [4.69, 9.17) is 13.6 Å². The van der Waals surface area contributed by atoms with Crippen molar-refractivity contribution in [1.82, 2.24) is 0 Å². The van der Waals surface area contributed by atoms with Crippen LogP contribution in [0.3, 0.4) is 0 Å². The summed E-state index contributed by atoms with van der Waals surface area (Å²) in [6.07, 6.45) is 20.1. The minimum Gasteiger partial charge on any atom is -0.287 e. The van der Waals surface area contributed by atoms with E-state index in [1.54, 1.807) is 0 Å². The van der Waals surface area contributed by atoms with Crippen LogP contribution >= 0.6 is 7.82 Å². The van der Waals surface area contributed by atoms with Gasteiger partial charge in [0.2, 0.25) is 0 Å². The monoisotopic (exact) mass is 420 g/mol. The molecule has 0 spiro atoms. The van der Waals surface area contributed by atoms with Gasteiger partial charge in [0.05, 0.1) is 19.8 Å². The number of hydrogen-bond donors (Lipinski definition) is 0. The Bertz CT molecular complexity index is 331. The molecule has 4 nitrogen and oxygen atoms in total. The maximum absolute atomic E-state index is 12.8. The van der Waals surface area contributed by atoms with E-state index in [1.165, 1.54) is 70.6 Å². The van der Waals surface area contributed by atoms with Gasteiger partial charge in [-0.2, -0.15) is 0 Å². The van der Waals surface area contributed by atoms with Crippen LogP contribution in [-0.2, 0) is 18.1 Å². The maximum atomic E-state index is 12.8. The Labute approximate surface area is 176 Å². The first-order chi connectivity index (χ1) is 13.7. The number of rotatable bonds is 23. The third kappa shape index (κ3) is 19.4. The highest BCUT2D eigenvalue weighted by molar-refractivity contribution is 7.48. The summed E-state index contributed by atoms with van der Waals surface area (Å²) in [6, 6.07) is 0. The van der Waals surface area contributed by atoms with Crippen LogP contribution in [0.25, 0.3) is 0 Å². The highest BCUT2D eigenvalue weighted by Crippen LogP contribution is 2.50. The molecule has 0 aromatic heterocycles. The van der Waals surface area contributed by atoms with Crippen molar-refractivity contribution < 1.29 is 18.1 Å². The lowest BCUT2D eigenvalue weighted by Gasteiger charge is -2.18. The van der Waals surface area contributed by atoms with Crippen LogP contribution in [0.4, 0.5) is 0 Å². The van der Waals surface area contributed by atoms with Crippen molar-refractivity contribution in [2.24, 2.45) is 0 Å². The van der Waals surface area contributed by atoms with Crippen molar-refractivity contribution in [2.45, 2.75) is 130 Å². The molecule has 0 aromatic carbocycles. The summed E-state index contributed by atoms with van der Waals surface area (Å²) in [7, 11) is -3.39. The van der Waals surface area contributed by atoms with Crippen molar-refractivity contribution in [3.8, 4) is 0 Å². The summed E-state index contributed by atoms with van der Waals surface area (Å²) in [5.41, 5.74) is 0. The predicted molar refractivity (Wildman–Crippen MR) is 121 cm³/mol. The van der Waals surface area contributed by atoms with Crippen molar-refractivity contribution in [3.05, 3.63) is 0 Å². The molecule has 0 saturated heterocycles. The molecular weight excluding hydrogens is 371 g/mol. The van der Waals surface area contributed by atoms with E-state index in [1.807, 2.05) is 0 Å². The summed E-state index contributed by atoms with van der Waals surface area (Å²) in [6.45, 7) is 8.01. The lowest BCUT2D eigenvalue weighted by molar-refractivity contribution is 0.108. The van der Waals surface area contributed by atoms with Gasteiger partial charge in [0.25, 0.3) is 0 Å². The fourth-order valence-corrected chi connectivity index (χ4v) is 4.39. The van der Waals surface area contributed by atoms with Gasteiger partial charge in [0.15, 0.2) is 0 Å². The van der Waals surface area contributed by atoms with E-state index >= 15 is 0 Å². The molecule has 0 fully saturated rings. The average molecular weight is 421 g/mol. The van der Waals surface area contributed by atoms with Gasteiger partial charge in [0, 0.05) is 0 Å². The molecule has 0 saturated carbocycles. The van der Waals surface area contributed by atoms with Crippen molar-refractivity contribution in [1.29, 1.82) is 0 Å². The van der Waals surface area contributed by atoms with Crippen LogP contribution in [0, 0.1) is 0 Å². The van der Waals surface area contributed by atoms with Gasteiger partial charge in [0.1, 0.15) is 0 Å². The Morgan fingerprint density at radius 3 is 1.00 bits per heavy atom. The Balaban J connectivity index is 3.93. The van der Waals surface area contributed by atoms with E-state index in [-0.39, 0.29) is 0 Å². The summed E-state index contributed by atoms with van der Waals surface area (Å²) >= 11 is 0. The molecule has 0 bridgehead atoms. The van der Waals surface area contributed by atoms with Crippen LogP contribution in [0.15, 0.2) is 0 Å².